The lowest BCUT2D eigenvalue weighted by atomic mass is 10.2. The number of hydrogen-bond acceptors (Lipinski definition) is 5. The van der Waals surface area contributed by atoms with Crippen molar-refractivity contribution in [2.24, 2.45) is 0 Å². The molecule has 0 spiro atoms. The van der Waals surface area contributed by atoms with Crippen LogP contribution in [0.2, 0.25) is 0 Å². The van der Waals surface area contributed by atoms with E-state index in [9.17, 15) is 28.1 Å². The quantitative estimate of drug-likeness (QED) is 0.470. The summed E-state index contributed by atoms with van der Waals surface area (Å²) in [6.45, 7) is 1.47. The third kappa shape index (κ3) is 4.01. The maximum Gasteiger partial charge on any atom is 0.435 e. The van der Waals surface area contributed by atoms with Crippen molar-refractivity contribution in [3.05, 3.63) is 74.8 Å². The predicted octanol–water partition coefficient (Wildman–Crippen LogP) is 5.30. The molecular weight excluding hydrogens is 395 g/mol. The fourth-order valence-corrected chi connectivity index (χ4v) is 3.48. The van der Waals surface area contributed by atoms with Crippen molar-refractivity contribution in [1.29, 1.82) is 0 Å². The number of benzene rings is 2. The molecule has 1 aromatic heterocycles. The molecule has 0 radical (unpaired) electrons. The summed E-state index contributed by atoms with van der Waals surface area (Å²) in [4.78, 5) is 25.8. The molecule has 0 saturated carbocycles. The third-order valence-electron chi connectivity index (χ3n) is 3.77. The second-order valence-electron chi connectivity index (χ2n) is 5.77. The summed E-state index contributed by atoms with van der Waals surface area (Å²) in [6.07, 6.45) is -4.80. The van der Waals surface area contributed by atoms with Crippen LogP contribution in [-0.4, -0.2) is 15.8 Å². The molecule has 1 amide bonds. The van der Waals surface area contributed by atoms with Gasteiger partial charge in [-0.15, -0.1) is 11.3 Å². The number of thiazole rings is 1. The molecule has 3 rings (SSSR count). The standard InChI is InChI=1S/C18H12F3N3O3S/c1-10-9-12(7-8-13(10)24(26)27)22-16(25)14-15(18(19,20)21)23-17(28-14)11-5-3-2-4-6-11/h2-9H,1H3,(H,22,25). The number of hydrogen-bond donors (Lipinski definition) is 1. The molecule has 6 nitrogen and oxygen atoms in total. The minimum atomic E-state index is -4.80. The molecule has 0 aliphatic carbocycles. The monoisotopic (exact) mass is 407 g/mol. The van der Waals surface area contributed by atoms with E-state index in [1.807, 2.05) is 0 Å². The zero-order valence-electron chi connectivity index (χ0n) is 14.3. The van der Waals surface area contributed by atoms with Crippen LogP contribution >= 0.6 is 11.3 Å². The van der Waals surface area contributed by atoms with Gasteiger partial charge in [0.2, 0.25) is 0 Å². The van der Waals surface area contributed by atoms with Crippen LogP contribution in [0.4, 0.5) is 24.5 Å². The lowest BCUT2D eigenvalue weighted by Gasteiger charge is -2.08. The molecule has 28 heavy (non-hydrogen) atoms. The number of alkyl halides is 3. The number of rotatable bonds is 4. The van der Waals surface area contributed by atoms with Gasteiger partial charge in [0.1, 0.15) is 9.88 Å². The predicted molar refractivity (Wildman–Crippen MR) is 98.3 cm³/mol. The number of carbonyl (C=O) groups excluding carboxylic acids is 1. The first-order valence-corrected chi connectivity index (χ1v) is 8.68. The van der Waals surface area contributed by atoms with Crippen LogP contribution in [0.15, 0.2) is 48.5 Å². The van der Waals surface area contributed by atoms with Gasteiger partial charge in [-0.3, -0.25) is 14.9 Å². The summed E-state index contributed by atoms with van der Waals surface area (Å²) in [5, 5.41) is 13.3. The average molecular weight is 407 g/mol. The molecule has 2 aromatic carbocycles. The molecule has 1 N–H and O–H groups in total. The van der Waals surface area contributed by atoms with Crippen molar-refractivity contribution >= 4 is 28.6 Å². The molecule has 0 unspecified atom stereocenters. The minimum Gasteiger partial charge on any atom is -0.321 e. The second-order valence-corrected chi connectivity index (χ2v) is 6.77. The van der Waals surface area contributed by atoms with E-state index in [0.29, 0.717) is 16.9 Å². The summed E-state index contributed by atoms with van der Waals surface area (Å²) >= 11 is 0.628. The number of carbonyl (C=O) groups is 1. The number of aryl methyl sites for hydroxylation is 1. The highest BCUT2D eigenvalue weighted by atomic mass is 32.1. The SMILES string of the molecule is Cc1cc(NC(=O)c2sc(-c3ccccc3)nc2C(F)(F)F)ccc1[N+](=O)[O-]. The number of nitro groups is 1. The molecule has 0 fully saturated rings. The van der Waals surface area contributed by atoms with Crippen molar-refractivity contribution in [1.82, 2.24) is 4.98 Å². The van der Waals surface area contributed by atoms with E-state index in [0.717, 1.165) is 0 Å². The molecule has 1 heterocycles. The summed E-state index contributed by atoms with van der Waals surface area (Å²) < 4.78 is 40.1. The molecule has 0 bridgehead atoms. The topological polar surface area (TPSA) is 85.1 Å². The van der Waals surface area contributed by atoms with Crippen molar-refractivity contribution in [2.45, 2.75) is 13.1 Å². The lowest BCUT2D eigenvalue weighted by Crippen LogP contribution is -2.17. The van der Waals surface area contributed by atoms with Gasteiger partial charge in [0.15, 0.2) is 5.69 Å². The van der Waals surface area contributed by atoms with Crippen molar-refractivity contribution < 1.29 is 22.9 Å². The van der Waals surface area contributed by atoms with Crippen molar-refractivity contribution in [3.8, 4) is 10.6 Å². The fraction of sp³-hybridized carbons (Fsp3) is 0.111. The molecule has 0 atom stereocenters. The van der Waals surface area contributed by atoms with Crippen LogP contribution in [-0.2, 0) is 6.18 Å². The fourth-order valence-electron chi connectivity index (χ4n) is 2.50. The smallest absolute Gasteiger partial charge is 0.321 e. The Morgan fingerprint density at radius 1 is 1.18 bits per heavy atom. The number of anilines is 1. The van der Waals surface area contributed by atoms with Gasteiger partial charge in [-0.2, -0.15) is 13.2 Å². The summed E-state index contributed by atoms with van der Waals surface area (Å²) in [5.74, 6) is -0.986. The molecule has 10 heteroatoms. The second kappa shape index (κ2) is 7.39. The first-order valence-electron chi connectivity index (χ1n) is 7.86. The highest BCUT2D eigenvalue weighted by Gasteiger charge is 2.39. The largest absolute Gasteiger partial charge is 0.435 e. The van der Waals surface area contributed by atoms with Gasteiger partial charge in [-0.1, -0.05) is 30.3 Å². The van der Waals surface area contributed by atoms with Crippen LogP contribution in [0.25, 0.3) is 10.6 Å². The molecular formula is C18H12F3N3O3S. The molecule has 0 saturated heterocycles. The number of aromatic nitrogens is 1. The first kappa shape index (κ1) is 19.5. The third-order valence-corrected chi connectivity index (χ3v) is 4.88. The van der Waals surface area contributed by atoms with E-state index in [1.165, 1.54) is 25.1 Å². The van der Waals surface area contributed by atoms with Crippen molar-refractivity contribution in [3.63, 3.8) is 0 Å². The Balaban J connectivity index is 1.96. The van der Waals surface area contributed by atoms with Gasteiger partial charge in [-0.25, -0.2) is 4.98 Å². The Morgan fingerprint density at radius 2 is 1.86 bits per heavy atom. The minimum absolute atomic E-state index is 0.0676. The zero-order valence-corrected chi connectivity index (χ0v) is 15.1. The summed E-state index contributed by atoms with van der Waals surface area (Å²) in [5.41, 5.74) is -0.544. The lowest BCUT2D eigenvalue weighted by molar-refractivity contribution is -0.385. The van der Waals surface area contributed by atoms with Crippen LogP contribution in [0.3, 0.4) is 0 Å². The van der Waals surface area contributed by atoms with Crippen LogP contribution < -0.4 is 5.32 Å². The Hall–Kier alpha value is -3.27. The van der Waals surface area contributed by atoms with Crippen molar-refractivity contribution in [2.75, 3.05) is 5.32 Å². The maximum absolute atomic E-state index is 13.4. The Morgan fingerprint density at radius 3 is 2.43 bits per heavy atom. The highest BCUT2D eigenvalue weighted by Crippen LogP contribution is 2.38. The van der Waals surface area contributed by atoms with E-state index in [-0.39, 0.29) is 21.9 Å². The van der Waals surface area contributed by atoms with E-state index in [2.05, 4.69) is 10.3 Å². The molecule has 0 aliphatic heterocycles. The van der Waals surface area contributed by atoms with Gasteiger partial charge in [0.25, 0.3) is 11.6 Å². The van der Waals surface area contributed by atoms with Gasteiger partial charge < -0.3 is 5.32 Å². The summed E-state index contributed by atoms with van der Waals surface area (Å²) in [6, 6.07) is 12.0. The molecule has 3 aromatic rings. The highest BCUT2D eigenvalue weighted by molar-refractivity contribution is 7.17. The van der Waals surface area contributed by atoms with E-state index in [4.69, 9.17) is 0 Å². The Bertz CT molecular complexity index is 1050. The number of amides is 1. The van der Waals surface area contributed by atoms with E-state index < -0.39 is 27.6 Å². The van der Waals surface area contributed by atoms with Gasteiger partial charge in [0, 0.05) is 22.9 Å². The molecule has 144 valence electrons. The van der Waals surface area contributed by atoms with Gasteiger partial charge in [-0.05, 0) is 19.1 Å². The maximum atomic E-state index is 13.4. The number of nitrogens with one attached hydrogen (secondary N) is 1. The molecule has 0 aliphatic rings. The van der Waals surface area contributed by atoms with E-state index in [1.54, 1.807) is 30.3 Å². The van der Waals surface area contributed by atoms with Gasteiger partial charge in [0.05, 0.1) is 4.92 Å². The Kier molecular flexibility index (Phi) is 5.14. The number of nitrogens with zero attached hydrogens (tertiary/aromatic N) is 2. The van der Waals surface area contributed by atoms with Crippen LogP contribution in [0.5, 0.6) is 0 Å². The Labute approximate surface area is 160 Å². The zero-order chi connectivity index (χ0) is 20.5. The van der Waals surface area contributed by atoms with Crippen LogP contribution in [0.1, 0.15) is 20.9 Å². The number of nitro benzene ring substituents is 1. The van der Waals surface area contributed by atoms with Crippen LogP contribution in [0, 0.1) is 17.0 Å². The summed E-state index contributed by atoms with van der Waals surface area (Å²) in [7, 11) is 0. The van der Waals surface area contributed by atoms with Gasteiger partial charge >= 0.3 is 6.18 Å². The van der Waals surface area contributed by atoms with E-state index >= 15 is 0 Å². The normalized spacial score (nSPS) is 11.3. The average Bonchev–Trinajstić information content (AvgIpc) is 3.08. The first-order chi connectivity index (χ1) is 13.2. The number of halogens is 3.